The summed E-state index contributed by atoms with van der Waals surface area (Å²) in [5.41, 5.74) is 6.99. The van der Waals surface area contributed by atoms with Gasteiger partial charge in [-0.15, -0.1) is 0 Å². The molecule has 0 aromatic rings. The van der Waals surface area contributed by atoms with Crippen LogP contribution in [0.3, 0.4) is 0 Å². The van der Waals surface area contributed by atoms with Gasteiger partial charge in [0.25, 0.3) is 0 Å². The average Bonchev–Trinajstić information content (AvgIpc) is 1.81. The monoisotopic (exact) mass is 115 g/mol. The molecule has 0 aliphatic carbocycles. The molecule has 0 atom stereocenters. The summed E-state index contributed by atoms with van der Waals surface area (Å²) in [6.07, 6.45) is 2.30. The van der Waals surface area contributed by atoms with Crippen molar-refractivity contribution in [3.05, 3.63) is 0 Å². The average molecular weight is 115 g/mol. The van der Waals surface area contributed by atoms with Crippen molar-refractivity contribution in [3.63, 3.8) is 0 Å². The van der Waals surface area contributed by atoms with Crippen LogP contribution in [0.15, 0.2) is 0 Å². The van der Waals surface area contributed by atoms with E-state index in [1.54, 1.807) is 0 Å². The standard InChI is InChI=1S/C6H15N2/c1-3-5-7-8-6-4-2/h7H,3-6H2,1-2H3. The molecule has 1 N–H and O–H groups in total. The van der Waals surface area contributed by atoms with Gasteiger partial charge in [0.2, 0.25) is 0 Å². The van der Waals surface area contributed by atoms with Gasteiger partial charge in [-0.25, -0.2) is 5.43 Å². The van der Waals surface area contributed by atoms with Crippen molar-refractivity contribution in [3.8, 4) is 0 Å². The van der Waals surface area contributed by atoms with E-state index in [9.17, 15) is 0 Å². The Kier molecular flexibility index (Phi) is 6.85. The van der Waals surface area contributed by atoms with E-state index in [1.807, 2.05) is 0 Å². The van der Waals surface area contributed by atoms with Gasteiger partial charge in [0.1, 0.15) is 0 Å². The Hall–Kier alpha value is -0.0800. The molecule has 0 saturated carbocycles. The van der Waals surface area contributed by atoms with Crippen molar-refractivity contribution in [1.29, 1.82) is 0 Å². The van der Waals surface area contributed by atoms with Crippen molar-refractivity contribution in [2.24, 2.45) is 0 Å². The fraction of sp³-hybridized carbons (Fsp3) is 1.00. The second-order valence-electron chi connectivity index (χ2n) is 1.79. The largest absolute Gasteiger partial charge is 0.240 e. The Labute approximate surface area is 51.6 Å². The second kappa shape index (κ2) is 6.92. The van der Waals surface area contributed by atoms with Crippen LogP contribution in [0.5, 0.6) is 0 Å². The molecular formula is C6H15N2. The maximum Gasteiger partial charge on any atom is 0.0301 e. The Bertz CT molecular complexity index is 31.5. The highest BCUT2D eigenvalue weighted by Gasteiger charge is 1.80. The number of nitrogens with one attached hydrogen (secondary N) is 1. The molecule has 0 amide bonds. The van der Waals surface area contributed by atoms with Crippen LogP contribution in [-0.2, 0) is 0 Å². The van der Waals surface area contributed by atoms with E-state index in [4.69, 9.17) is 0 Å². The fourth-order valence-corrected chi connectivity index (χ4v) is 0.382. The molecule has 0 aromatic heterocycles. The van der Waals surface area contributed by atoms with E-state index >= 15 is 0 Å². The van der Waals surface area contributed by atoms with E-state index in [1.165, 1.54) is 0 Å². The van der Waals surface area contributed by atoms with Crippen molar-refractivity contribution in [2.75, 3.05) is 13.1 Å². The molecule has 0 bridgehead atoms. The maximum atomic E-state index is 4.03. The third kappa shape index (κ3) is 5.92. The summed E-state index contributed by atoms with van der Waals surface area (Å²) in [6, 6.07) is 0. The van der Waals surface area contributed by atoms with Crippen LogP contribution in [0.4, 0.5) is 0 Å². The molecule has 0 saturated heterocycles. The number of rotatable bonds is 5. The normalized spacial score (nSPS) is 9.75. The third-order valence-electron chi connectivity index (χ3n) is 0.809. The highest BCUT2D eigenvalue weighted by molar-refractivity contribution is 4.36. The van der Waals surface area contributed by atoms with Crippen LogP contribution >= 0.6 is 0 Å². The Morgan fingerprint density at radius 1 is 1.25 bits per heavy atom. The maximum absolute atomic E-state index is 4.03. The molecule has 49 valence electrons. The molecule has 0 heterocycles. The first-order valence-corrected chi connectivity index (χ1v) is 3.31. The van der Waals surface area contributed by atoms with E-state index in [2.05, 4.69) is 24.7 Å². The van der Waals surface area contributed by atoms with Gasteiger partial charge in [-0.05, 0) is 12.8 Å². The Morgan fingerprint density at radius 3 is 2.50 bits per heavy atom. The van der Waals surface area contributed by atoms with Gasteiger partial charge in [0, 0.05) is 13.1 Å². The number of hydrogen-bond donors (Lipinski definition) is 1. The first kappa shape index (κ1) is 7.92. The summed E-state index contributed by atoms with van der Waals surface area (Å²) in [5, 5.41) is 0. The molecule has 0 aliphatic rings. The molecule has 0 rings (SSSR count). The lowest BCUT2D eigenvalue weighted by atomic mass is 10.5. The van der Waals surface area contributed by atoms with Gasteiger partial charge in [-0.3, -0.25) is 0 Å². The number of nitrogens with zero attached hydrogens (tertiary/aromatic N) is 1. The summed E-state index contributed by atoms with van der Waals surface area (Å²) in [6.45, 7) is 6.21. The minimum absolute atomic E-state index is 0.944. The summed E-state index contributed by atoms with van der Waals surface area (Å²) in [7, 11) is 0. The van der Waals surface area contributed by atoms with Gasteiger partial charge in [0.05, 0.1) is 0 Å². The van der Waals surface area contributed by atoms with E-state index < -0.39 is 0 Å². The highest BCUT2D eigenvalue weighted by Crippen LogP contribution is 1.70. The lowest BCUT2D eigenvalue weighted by Gasteiger charge is -1.98. The predicted octanol–water partition coefficient (Wildman–Crippen LogP) is 0.915. The molecule has 1 radical (unpaired) electrons. The van der Waals surface area contributed by atoms with Crippen LogP contribution in [-0.4, -0.2) is 13.1 Å². The van der Waals surface area contributed by atoms with Crippen molar-refractivity contribution < 1.29 is 0 Å². The Morgan fingerprint density at radius 2 is 2.00 bits per heavy atom. The van der Waals surface area contributed by atoms with Crippen molar-refractivity contribution in [2.45, 2.75) is 26.7 Å². The third-order valence-corrected chi connectivity index (χ3v) is 0.809. The van der Waals surface area contributed by atoms with Gasteiger partial charge >= 0.3 is 0 Å². The first-order valence-electron chi connectivity index (χ1n) is 3.31. The summed E-state index contributed by atoms with van der Waals surface area (Å²) in [5.74, 6) is 0. The van der Waals surface area contributed by atoms with E-state index in [0.29, 0.717) is 0 Å². The van der Waals surface area contributed by atoms with Crippen molar-refractivity contribution in [1.82, 2.24) is 10.9 Å². The fourth-order valence-electron chi connectivity index (χ4n) is 0.382. The van der Waals surface area contributed by atoms with Crippen LogP contribution in [0, 0.1) is 0 Å². The molecule has 0 spiro atoms. The van der Waals surface area contributed by atoms with E-state index in [0.717, 1.165) is 25.9 Å². The predicted molar refractivity (Wildman–Crippen MR) is 35.6 cm³/mol. The van der Waals surface area contributed by atoms with Crippen molar-refractivity contribution >= 4 is 0 Å². The smallest absolute Gasteiger partial charge is 0.0301 e. The zero-order valence-corrected chi connectivity index (χ0v) is 5.78. The van der Waals surface area contributed by atoms with Crippen LogP contribution < -0.4 is 10.9 Å². The van der Waals surface area contributed by atoms with Gasteiger partial charge < -0.3 is 0 Å². The van der Waals surface area contributed by atoms with Crippen LogP contribution in [0.1, 0.15) is 26.7 Å². The van der Waals surface area contributed by atoms with E-state index in [-0.39, 0.29) is 0 Å². The molecular weight excluding hydrogens is 100 g/mol. The zero-order chi connectivity index (χ0) is 6.24. The lowest BCUT2D eigenvalue weighted by molar-refractivity contribution is 0.515. The molecule has 0 unspecified atom stereocenters. The molecule has 0 aliphatic heterocycles. The summed E-state index contributed by atoms with van der Waals surface area (Å²) >= 11 is 0. The molecule has 2 nitrogen and oxygen atoms in total. The zero-order valence-electron chi connectivity index (χ0n) is 5.78. The van der Waals surface area contributed by atoms with Gasteiger partial charge in [-0.2, -0.15) is 5.43 Å². The first-order chi connectivity index (χ1) is 3.91. The number of hydrogen-bond acceptors (Lipinski definition) is 1. The molecule has 8 heavy (non-hydrogen) atoms. The Balaban J connectivity index is 2.53. The summed E-state index contributed by atoms with van der Waals surface area (Å²) in [4.78, 5) is 0. The summed E-state index contributed by atoms with van der Waals surface area (Å²) < 4.78 is 0. The van der Waals surface area contributed by atoms with Gasteiger partial charge in [-0.1, -0.05) is 13.8 Å². The minimum atomic E-state index is 0.944. The highest BCUT2D eigenvalue weighted by atomic mass is 15.3. The SMILES string of the molecule is CCC[N]NCCC. The topological polar surface area (TPSA) is 26.1 Å². The quantitative estimate of drug-likeness (QED) is 0.418. The molecule has 2 heteroatoms. The van der Waals surface area contributed by atoms with Crippen LogP contribution in [0.25, 0.3) is 0 Å². The second-order valence-corrected chi connectivity index (χ2v) is 1.79. The minimum Gasteiger partial charge on any atom is -0.240 e. The molecule has 0 fully saturated rings. The van der Waals surface area contributed by atoms with Gasteiger partial charge in [0.15, 0.2) is 0 Å². The lowest BCUT2D eigenvalue weighted by Crippen LogP contribution is -2.25. The molecule has 0 aromatic carbocycles. The van der Waals surface area contributed by atoms with Crippen LogP contribution in [0.2, 0.25) is 0 Å².